The van der Waals surface area contributed by atoms with Crippen LogP contribution in [-0.4, -0.2) is 4.21 Å². The number of rotatable bonds is 4. The van der Waals surface area contributed by atoms with E-state index >= 15 is 0 Å². The number of aryl methyl sites for hydroxylation is 2. The Hall–Kier alpha value is -2.31. The summed E-state index contributed by atoms with van der Waals surface area (Å²) < 4.78 is 12.2. The Bertz CT molecular complexity index is 2260. The van der Waals surface area contributed by atoms with Crippen molar-refractivity contribution in [2.75, 3.05) is 0 Å². The van der Waals surface area contributed by atoms with Crippen molar-refractivity contribution in [2.45, 2.75) is 153 Å². The van der Waals surface area contributed by atoms with Gasteiger partial charge in [0.05, 0.1) is 0 Å². The fraction of sp³-hybridized carbons (Fsp3) is 0.453. The van der Waals surface area contributed by atoms with Gasteiger partial charge in [-0.2, -0.15) is 0 Å². The van der Waals surface area contributed by atoms with Gasteiger partial charge in [0.15, 0.2) is 0 Å². The Morgan fingerprint density at radius 3 is 1.32 bits per heavy atom. The number of benzene rings is 4. The molecular formula is C53H72Cl2Zr. The van der Waals surface area contributed by atoms with Crippen LogP contribution in [-0.2, 0) is 46.4 Å². The summed E-state index contributed by atoms with van der Waals surface area (Å²) in [6, 6.07) is 27.4. The van der Waals surface area contributed by atoms with Crippen LogP contribution in [0.4, 0.5) is 0 Å². The summed E-state index contributed by atoms with van der Waals surface area (Å²) in [6.45, 7) is 43.3. The minimum absolute atomic E-state index is 0. The van der Waals surface area contributed by atoms with E-state index in [4.69, 9.17) is 4.21 Å². The van der Waals surface area contributed by atoms with Gasteiger partial charge >= 0.3 is 333 Å². The Balaban J connectivity index is 0.00000348. The second-order valence-corrected chi connectivity index (χ2v) is 34.2. The summed E-state index contributed by atoms with van der Waals surface area (Å²) >= 11 is -5.26. The van der Waals surface area contributed by atoms with Crippen LogP contribution in [0.25, 0.3) is 11.1 Å². The van der Waals surface area contributed by atoms with Crippen LogP contribution in [0.3, 0.4) is 0 Å². The van der Waals surface area contributed by atoms with E-state index in [0.717, 1.165) is 6.42 Å². The molecule has 0 amide bonds. The molecule has 0 saturated carbocycles. The molecule has 0 radical (unpaired) electrons. The Labute approximate surface area is 355 Å². The first-order valence-corrected chi connectivity index (χ1v) is 27.2. The standard InChI is InChI=1S/C29H41.C9H13.2C7H7.CH2.2ClH.Zr/c1-26(2,3)22-14-18-13-19-15-23(27(4,5)6)25(29(10,11)12)17-21(19)20(18)16-24(22)28(7,8)9;1-6-5-7(2)9(4)8(6)3;2*1-7-5-3-2-4-6-7;;;;/h14,16-17H,13H2,1-12H3;6H,1-4H3;2*3-6H,1H3;1H2;2*1H;. The number of hydrogen-bond donors (Lipinski definition) is 0. The molecule has 4 aromatic carbocycles. The molecule has 3 heteroatoms. The third kappa shape index (κ3) is 7.01. The summed E-state index contributed by atoms with van der Waals surface area (Å²) in [5, 5.41) is 0. The van der Waals surface area contributed by atoms with Crippen molar-refractivity contribution in [1.29, 1.82) is 0 Å². The zero-order valence-electron chi connectivity index (χ0n) is 38.2. The first kappa shape index (κ1) is 46.4. The summed E-state index contributed by atoms with van der Waals surface area (Å²) in [6.07, 6.45) is 0.935. The molecule has 302 valence electrons. The van der Waals surface area contributed by atoms with Crippen LogP contribution in [0.15, 0.2) is 86.7 Å². The molecule has 0 fully saturated rings. The molecule has 0 saturated heterocycles. The first-order valence-electron chi connectivity index (χ1n) is 20.6. The van der Waals surface area contributed by atoms with Crippen LogP contribution in [0, 0.1) is 19.8 Å². The van der Waals surface area contributed by atoms with Gasteiger partial charge in [-0.3, -0.25) is 0 Å². The van der Waals surface area contributed by atoms with E-state index in [-0.39, 0.29) is 46.5 Å². The minimum atomic E-state index is -5.26. The Morgan fingerprint density at radius 2 is 0.946 bits per heavy atom. The van der Waals surface area contributed by atoms with E-state index in [2.05, 4.69) is 191 Å². The predicted molar refractivity (Wildman–Crippen MR) is 253 cm³/mol. The summed E-state index contributed by atoms with van der Waals surface area (Å²) in [5.41, 5.74) is 18.7. The van der Waals surface area contributed by atoms with Crippen molar-refractivity contribution in [1.82, 2.24) is 0 Å². The van der Waals surface area contributed by atoms with Crippen molar-refractivity contribution in [3.63, 3.8) is 0 Å². The van der Waals surface area contributed by atoms with E-state index in [9.17, 15) is 0 Å². The molecule has 4 aromatic rings. The molecule has 0 N–H and O–H groups in total. The van der Waals surface area contributed by atoms with Gasteiger partial charge in [0, 0.05) is 0 Å². The molecular weight excluding hydrogens is 799 g/mol. The zero-order valence-corrected chi connectivity index (χ0v) is 42.2. The van der Waals surface area contributed by atoms with E-state index < -0.39 is 18.3 Å². The second-order valence-electron chi connectivity index (χ2n) is 21.7. The molecule has 2 aliphatic rings. The Kier molecular flexibility index (Phi) is 12.2. The summed E-state index contributed by atoms with van der Waals surface area (Å²) in [5.74, 6) is 0.293. The molecule has 1 unspecified atom stereocenters. The van der Waals surface area contributed by atoms with Crippen LogP contribution < -0.4 is 9.81 Å². The second kappa shape index (κ2) is 14.8. The number of fused-ring (bicyclic) bond motifs is 3. The van der Waals surface area contributed by atoms with E-state index in [1.54, 1.807) is 6.55 Å². The molecule has 0 heterocycles. The topological polar surface area (TPSA) is 0 Å². The van der Waals surface area contributed by atoms with Gasteiger partial charge in [-0.15, -0.1) is 24.8 Å². The van der Waals surface area contributed by atoms with Gasteiger partial charge in [0.2, 0.25) is 0 Å². The third-order valence-corrected chi connectivity index (χ3v) is 30.6. The van der Waals surface area contributed by atoms with Gasteiger partial charge < -0.3 is 0 Å². The van der Waals surface area contributed by atoms with Gasteiger partial charge in [-0.1, -0.05) is 0 Å². The molecule has 2 aliphatic carbocycles. The van der Waals surface area contributed by atoms with E-state index in [0.29, 0.717) is 5.92 Å². The number of halogens is 2. The predicted octanol–water partition coefficient (Wildman–Crippen LogP) is 13.6. The number of hydrogen-bond acceptors (Lipinski definition) is 0. The van der Waals surface area contributed by atoms with Crippen molar-refractivity contribution in [3.8, 4) is 11.1 Å². The maximum atomic E-state index is 6.10. The third-order valence-electron chi connectivity index (χ3n) is 13.7. The Morgan fingerprint density at radius 1 is 0.536 bits per heavy atom. The summed E-state index contributed by atoms with van der Waals surface area (Å²) in [7, 11) is 0. The average molecular weight is 871 g/mol. The van der Waals surface area contributed by atoms with Gasteiger partial charge in [-0.25, -0.2) is 0 Å². The van der Waals surface area contributed by atoms with Crippen molar-refractivity contribution < 1.29 is 18.3 Å². The molecule has 0 bridgehead atoms. The van der Waals surface area contributed by atoms with E-state index in [1.165, 1.54) is 78.9 Å². The van der Waals surface area contributed by atoms with Gasteiger partial charge in [-0.05, 0) is 0 Å². The fourth-order valence-corrected chi connectivity index (χ4v) is 29.6. The molecule has 1 atom stereocenters. The molecule has 0 spiro atoms. The van der Waals surface area contributed by atoms with Gasteiger partial charge in [0.1, 0.15) is 0 Å². The monoisotopic (exact) mass is 868 g/mol. The quantitative estimate of drug-likeness (QED) is 0.169. The van der Waals surface area contributed by atoms with Gasteiger partial charge in [0.25, 0.3) is 0 Å². The van der Waals surface area contributed by atoms with Crippen molar-refractivity contribution >= 4 is 38.8 Å². The maximum absolute atomic E-state index is 6.10. The molecule has 0 aromatic heterocycles. The van der Waals surface area contributed by atoms with Crippen LogP contribution in [0.2, 0.25) is 0 Å². The van der Waals surface area contributed by atoms with E-state index in [1.807, 2.05) is 0 Å². The van der Waals surface area contributed by atoms with Crippen LogP contribution in [0.5, 0.6) is 0 Å². The normalized spacial score (nSPS) is 16.4. The fourth-order valence-electron chi connectivity index (χ4n) is 10.6. The summed E-state index contributed by atoms with van der Waals surface area (Å²) in [4.78, 5) is 0. The molecule has 0 aliphatic heterocycles. The SMILES string of the molecule is Cl.Cl.[CH2]=[Zr]([C]1=C(C)C(C)=C(C)C1C)([c]1ccc(C)cc1)([c]1ccc(C)cc1)[c]1c2c(cc(C(C)(C)C)c1C(C)(C)C)-c1cc(C(C)(C)C)c(C(C)(C)C)cc1C2. The van der Waals surface area contributed by atoms with Crippen molar-refractivity contribution in [3.05, 3.63) is 131 Å². The molecule has 56 heavy (non-hydrogen) atoms. The van der Waals surface area contributed by atoms with Crippen LogP contribution in [0.1, 0.15) is 155 Å². The van der Waals surface area contributed by atoms with Crippen molar-refractivity contribution in [2.24, 2.45) is 5.92 Å². The first-order chi connectivity index (χ1) is 24.6. The number of allylic oxidation sites excluding steroid dienone is 4. The molecule has 6 rings (SSSR count). The van der Waals surface area contributed by atoms with Crippen LogP contribution >= 0.6 is 24.8 Å². The molecule has 0 nitrogen and oxygen atoms in total. The zero-order chi connectivity index (χ0) is 40.3. The average Bonchev–Trinajstić information content (AvgIpc) is 3.51.